The zero-order valence-corrected chi connectivity index (χ0v) is 12.7. The molecule has 0 aliphatic carbocycles. The van der Waals surface area contributed by atoms with E-state index in [2.05, 4.69) is 19.9 Å². The average molecular weight is 349 g/mol. The number of aromatic nitrogens is 5. The lowest BCUT2D eigenvalue weighted by molar-refractivity contribution is -0.0492. The maximum absolute atomic E-state index is 12.3. The van der Waals surface area contributed by atoms with E-state index in [0.717, 1.165) is 0 Å². The predicted molar refractivity (Wildman–Crippen MR) is 85.3 cm³/mol. The van der Waals surface area contributed by atoms with Gasteiger partial charge in [0.05, 0.1) is 17.4 Å². The van der Waals surface area contributed by atoms with E-state index < -0.39 is 36.7 Å². The Morgan fingerprint density at radius 2 is 2.00 bits per heavy atom. The van der Waals surface area contributed by atoms with Crippen LogP contribution in [-0.4, -0.2) is 64.7 Å². The SMILES string of the molecule is Nc1nc(=O)c2c3c(N)ncnc3n(C3OC(CO)C(O)C3O)c2[nH]1. The molecule has 0 spiro atoms. The molecule has 8 N–H and O–H groups in total. The number of nitrogens with two attached hydrogens (primary N) is 2. The Hall–Kier alpha value is -2.80. The highest BCUT2D eigenvalue weighted by Crippen LogP contribution is 2.36. The second-order valence-electron chi connectivity index (χ2n) is 5.71. The van der Waals surface area contributed by atoms with Gasteiger partial charge in [0.2, 0.25) is 5.95 Å². The second kappa shape index (κ2) is 5.35. The molecule has 0 aromatic carbocycles. The quantitative estimate of drug-likeness (QED) is 0.286. The van der Waals surface area contributed by atoms with Gasteiger partial charge < -0.3 is 36.5 Å². The Bertz CT molecular complexity index is 1030. The van der Waals surface area contributed by atoms with Crippen LogP contribution in [0.25, 0.3) is 22.1 Å². The Labute approximate surface area is 138 Å². The van der Waals surface area contributed by atoms with E-state index in [9.17, 15) is 20.1 Å². The molecule has 12 heteroatoms. The van der Waals surface area contributed by atoms with Crippen LogP contribution in [0, 0.1) is 0 Å². The van der Waals surface area contributed by atoms with Gasteiger partial charge in [0, 0.05) is 0 Å². The second-order valence-corrected chi connectivity index (χ2v) is 5.71. The molecule has 1 fully saturated rings. The summed E-state index contributed by atoms with van der Waals surface area (Å²) in [4.78, 5) is 26.7. The summed E-state index contributed by atoms with van der Waals surface area (Å²) >= 11 is 0. The number of nitrogens with one attached hydrogen (secondary N) is 1. The molecule has 1 aliphatic heterocycles. The Morgan fingerprint density at radius 1 is 1.24 bits per heavy atom. The van der Waals surface area contributed by atoms with Crippen LogP contribution in [0.5, 0.6) is 0 Å². The number of nitrogen functional groups attached to an aromatic ring is 2. The summed E-state index contributed by atoms with van der Waals surface area (Å²) in [5, 5.41) is 30.0. The van der Waals surface area contributed by atoms with Crippen molar-refractivity contribution in [2.24, 2.45) is 0 Å². The number of aromatic amines is 1. The molecule has 4 atom stereocenters. The number of aliphatic hydroxyl groups excluding tert-OH is 3. The topological polar surface area (TPSA) is 198 Å². The number of fused-ring (bicyclic) bond motifs is 3. The Balaban J connectivity index is 2.09. The fourth-order valence-electron chi connectivity index (χ4n) is 3.14. The fraction of sp³-hybridized carbons (Fsp3) is 0.385. The zero-order chi connectivity index (χ0) is 17.9. The highest BCUT2D eigenvalue weighted by Gasteiger charge is 2.45. The van der Waals surface area contributed by atoms with E-state index in [1.54, 1.807) is 0 Å². The molecule has 4 heterocycles. The minimum absolute atomic E-state index is 0.0394. The smallest absolute Gasteiger partial charge is 0.284 e. The van der Waals surface area contributed by atoms with Crippen LogP contribution in [0.2, 0.25) is 0 Å². The van der Waals surface area contributed by atoms with Gasteiger partial charge in [-0.15, -0.1) is 0 Å². The monoisotopic (exact) mass is 349 g/mol. The van der Waals surface area contributed by atoms with E-state index in [0.29, 0.717) is 0 Å². The van der Waals surface area contributed by atoms with Crippen molar-refractivity contribution < 1.29 is 20.1 Å². The number of aliphatic hydroxyl groups is 3. The van der Waals surface area contributed by atoms with Crippen molar-refractivity contribution in [3.8, 4) is 0 Å². The van der Waals surface area contributed by atoms with Crippen LogP contribution in [0.4, 0.5) is 11.8 Å². The number of hydrogen-bond acceptors (Lipinski definition) is 10. The summed E-state index contributed by atoms with van der Waals surface area (Å²) in [5.74, 6) is -0.114. The van der Waals surface area contributed by atoms with Crippen molar-refractivity contribution in [2.75, 3.05) is 18.1 Å². The predicted octanol–water partition coefficient (Wildman–Crippen LogP) is -2.56. The summed E-state index contributed by atoms with van der Waals surface area (Å²) < 4.78 is 6.90. The van der Waals surface area contributed by atoms with E-state index >= 15 is 0 Å². The molecule has 132 valence electrons. The van der Waals surface area contributed by atoms with Crippen LogP contribution in [0.15, 0.2) is 11.1 Å². The van der Waals surface area contributed by atoms with E-state index in [1.165, 1.54) is 10.9 Å². The van der Waals surface area contributed by atoms with Gasteiger partial charge in [-0.2, -0.15) is 4.98 Å². The highest BCUT2D eigenvalue weighted by atomic mass is 16.6. The molecule has 1 saturated heterocycles. The third-order valence-corrected chi connectivity index (χ3v) is 4.27. The first-order valence-corrected chi connectivity index (χ1v) is 7.36. The standard InChI is InChI=1S/C13H15N7O5/c14-8-4-5-10(18-13(15)19-11(5)24)20(9(4)17-2-16-8)12-7(23)6(22)3(1-21)25-12/h2-3,6-7,12,21-23H,1H2,(H2,14,16,17)(H3,15,18,19,24). The number of nitrogens with zero attached hydrogens (tertiary/aromatic N) is 4. The van der Waals surface area contributed by atoms with Crippen LogP contribution >= 0.6 is 0 Å². The average Bonchev–Trinajstić information content (AvgIpc) is 3.04. The number of rotatable bonds is 2. The molecule has 0 bridgehead atoms. The summed E-state index contributed by atoms with van der Waals surface area (Å²) in [6, 6.07) is 0. The molecular weight excluding hydrogens is 334 g/mol. The summed E-state index contributed by atoms with van der Waals surface area (Å²) in [7, 11) is 0. The molecule has 0 saturated carbocycles. The lowest BCUT2D eigenvalue weighted by Crippen LogP contribution is -2.33. The lowest BCUT2D eigenvalue weighted by Gasteiger charge is -2.18. The molecular formula is C13H15N7O5. The lowest BCUT2D eigenvalue weighted by atomic mass is 10.1. The molecule has 4 rings (SSSR count). The van der Waals surface area contributed by atoms with Crippen molar-refractivity contribution in [1.82, 2.24) is 24.5 Å². The van der Waals surface area contributed by atoms with Gasteiger partial charge in [-0.25, -0.2) is 9.97 Å². The molecule has 4 unspecified atom stereocenters. The van der Waals surface area contributed by atoms with Crippen molar-refractivity contribution in [3.63, 3.8) is 0 Å². The van der Waals surface area contributed by atoms with Crippen LogP contribution in [-0.2, 0) is 4.74 Å². The van der Waals surface area contributed by atoms with Crippen molar-refractivity contribution >= 4 is 33.8 Å². The van der Waals surface area contributed by atoms with Crippen molar-refractivity contribution in [1.29, 1.82) is 0 Å². The van der Waals surface area contributed by atoms with Gasteiger partial charge >= 0.3 is 0 Å². The van der Waals surface area contributed by atoms with Crippen LogP contribution in [0.3, 0.4) is 0 Å². The third-order valence-electron chi connectivity index (χ3n) is 4.27. The van der Waals surface area contributed by atoms with Gasteiger partial charge in [-0.1, -0.05) is 0 Å². The molecule has 25 heavy (non-hydrogen) atoms. The van der Waals surface area contributed by atoms with Gasteiger partial charge in [0.1, 0.15) is 41.8 Å². The first-order chi connectivity index (χ1) is 11.9. The number of ether oxygens (including phenoxy) is 1. The van der Waals surface area contributed by atoms with Crippen molar-refractivity contribution in [3.05, 3.63) is 16.7 Å². The first kappa shape index (κ1) is 15.7. The molecule has 12 nitrogen and oxygen atoms in total. The van der Waals surface area contributed by atoms with Gasteiger partial charge in [0.15, 0.2) is 6.23 Å². The van der Waals surface area contributed by atoms with Crippen molar-refractivity contribution in [2.45, 2.75) is 24.5 Å². The first-order valence-electron chi connectivity index (χ1n) is 7.36. The molecule has 0 radical (unpaired) electrons. The number of hydrogen-bond donors (Lipinski definition) is 6. The molecule has 3 aromatic rings. The fourth-order valence-corrected chi connectivity index (χ4v) is 3.14. The zero-order valence-electron chi connectivity index (χ0n) is 12.7. The minimum Gasteiger partial charge on any atom is -0.394 e. The molecule has 1 aliphatic rings. The Morgan fingerprint density at radius 3 is 2.68 bits per heavy atom. The molecule has 0 amide bonds. The van der Waals surface area contributed by atoms with E-state index in [1.807, 2.05) is 0 Å². The van der Waals surface area contributed by atoms with E-state index in [4.69, 9.17) is 16.2 Å². The normalized spacial score (nSPS) is 26.7. The number of H-pyrrole nitrogens is 1. The third kappa shape index (κ3) is 2.09. The summed E-state index contributed by atoms with van der Waals surface area (Å²) in [5.41, 5.74) is 11.2. The minimum atomic E-state index is -1.38. The van der Waals surface area contributed by atoms with Crippen LogP contribution < -0.4 is 17.0 Å². The van der Waals surface area contributed by atoms with Gasteiger partial charge in [-0.3, -0.25) is 9.36 Å². The number of anilines is 2. The summed E-state index contributed by atoms with van der Waals surface area (Å²) in [6.45, 7) is -0.497. The Kier molecular flexibility index (Phi) is 3.36. The largest absolute Gasteiger partial charge is 0.394 e. The highest BCUT2D eigenvalue weighted by molar-refractivity contribution is 6.09. The molecule has 3 aromatic heterocycles. The summed E-state index contributed by atoms with van der Waals surface area (Å²) in [6.07, 6.45) is -3.66. The van der Waals surface area contributed by atoms with E-state index in [-0.39, 0.29) is 33.8 Å². The maximum atomic E-state index is 12.3. The van der Waals surface area contributed by atoms with Gasteiger partial charge in [-0.05, 0) is 0 Å². The van der Waals surface area contributed by atoms with Crippen LogP contribution in [0.1, 0.15) is 6.23 Å². The van der Waals surface area contributed by atoms with Gasteiger partial charge in [0.25, 0.3) is 5.56 Å². The maximum Gasteiger partial charge on any atom is 0.284 e.